The molecule has 0 radical (unpaired) electrons. The van der Waals surface area contributed by atoms with Gasteiger partial charge < -0.3 is 4.74 Å². The number of carbonyl (C=O) groups excluding carboxylic acids is 1. The third-order valence-corrected chi connectivity index (χ3v) is 3.65. The predicted molar refractivity (Wildman–Crippen MR) is 85.8 cm³/mol. The van der Waals surface area contributed by atoms with Gasteiger partial charge in [0.1, 0.15) is 5.82 Å². The number of hydrogen-bond acceptors (Lipinski definition) is 3. The average Bonchev–Trinajstić information content (AvgIpc) is 2.51. The second-order valence-electron chi connectivity index (χ2n) is 5.31. The van der Waals surface area contributed by atoms with Crippen molar-refractivity contribution in [3.8, 4) is 0 Å². The fourth-order valence-electron chi connectivity index (χ4n) is 2.43. The number of ether oxygens (including phenoxy) is 1. The van der Waals surface area contributed by atoms with Crippen LogP contribution in [0.4, 0.5) is 4.39 Å². The molecular formula is C18H22FNO2. The van der Waals surface area contributed by atoms with Gasteiger partial charge in [-0.15, -0.1) is 0 Å². The van der Waals surface area contributed by atoms with Crippen LogP contribution in [0.15, 0.2) is 42.0 Å². The zero-order valence-corrected chi connectivity index (χ0v) is 12.9. The van der Waals surface area contributed by atoms with Gasteiger partial charge in [-0.05, 0) is 37.5 Å². The van der Waals surface area contributed by atoms with E-state index in [4.69, 9.17) is 4.74 Å². The smallest absolute Gasteiger partial charge is 0.330 e. The van der Waals surface area contributed by atoms with Gasteiger partial charge in [0, 0.05) is 25.7 Å². The van der Waals surface area contributed by atoms with Crippen LogP contribution in [0, 0.1) is 5.82 Å². The van der Waals surface area contributed by atoms with E-state index in [-0.39, 0.29) is 11.8 Å². The minimum absolute atomic E-state index is 0.214. The molecule has 1 aliphatic rings. The van der Waals surface area contributed by atoms with Crippen LogP contribution in [-0.2, 0) is 9.53 Å². The minimum Gasteiger partial charge on any atom is -0.463 e. The quantitative estimate of drug-likeness (QED) is 0.616. The van der Waals surface area contributed by atoms with Crippen molar-refractivity contribution < 1.29 is 13.9 Å². The van der Waals surface area contributed by atoms with Gasteiger partial charge in [-0.1, -0.05) is 29.9 Å². The monoisotopic (exact) mass is 303 g/mol. The lowest BCUT2D eigenvalue weighted by Gasteiger charge is -2.27. The van der Waals surface area contributed by atoms with E-state index in [1.165, 1.54) is 12.1 Å². The third kappa shape index (κ3) is 5.45. The van der Waals surface area contributed by atoms with Crippen LogP contribution in [0.25, 0.3) is 6.08 Å². The summed E-state index contributed by atoms with van der Waals surface area (Å²) in [4.78, 5) is 13.7. The summed E-state index contributed by atoms with van der Waals surface area (Å²) in [5, 5.41) is 0. The van der Waals surface area contributed by atoms with E-state index in [9.17, 15) is 9.18 Å². The van der Waals surface area contributed by atoms with Crippen molar-refractivity contribution >= 4 is 12.0 Å². The van der Waals surface area contributed by atoms with Crippen LogP contribution in [-0.4, -0.2) is 37.1 Å². The van der Waals surface area contributed by atoms with Crippen molar-refractivity contribution in [2.45, 2.75) is 19.8 Å². The minimum atomic E-state index is -0.234. The van der Waals surface area contributed by atoms with E-state index >= 15 is 0 Å². The number of esters is 1. The van der Waals surface area contributed by atoms with Crippen molar-refractivity contribution in [2.24, 2.45) is 0 Å². The number of piperidine rings is 1. The number of carbonyl (C=O) groups is 1. The Balaban J connectivity index is 1.75. The van der Waals surface area contributed by atoms with E-state index in [0.29, 0.717) is 6.61 Å². The molecule has 1 aliphatic heterocycles. The lowest BCUT2D eigenvalue weighted by Crippen LogP contribution is -2.31. The van der Waals surface area contributed by atoms with Gasteiger partial charge in [-0.2, -0.15) is 0 Å². The molecule has 0 spiro atoms. The summed E-state index contributed by atoms with van der Waals surface area (Å²) in [5.74, 6) is -0.448. The molecule has 0 amide bonds. The Morgan fingerprint density at radius 1 is 1.27 bits per heavy atom. The van der Waals surface area contributed by atoms with E-state index in [0.717, 1.165) is 43.6 Å². The second kappa shape index (κ2) is 8.49. The average molecular weight is 303 g/mol. The van der Waals surface area contributed by atoms with Crippen LogP contribution in [0.5, 0.6) is 0 Å². The van der Waals surface area contributed by atoms with Crippen LogP contribution in [0.2, 0.25) is 0 Å². The van der Waals surface area contributed by atoms with Gasteiger partial charge in [-0.25, -0.2) is 9.18 Å². The molecule has 3 nitrogen and oxygen atoms in total. The zero-order valence-electron chi connectivity index (χ0n) is 12.9. The summed E-state index contributed by atoms with van der Waals surface area (Å²) in [5.41, 5.74) is 2.17. The number of hydrogen-bond donors (Lipinski definition) is 0. The number of benzene rings is 1. The summed E-state index contributed by atoms with van der Waals surface area (Å²) in [6.45, 7) is 4.98. The maximum atomic E-state index is 12.8. The Bertz CT molecular complexity index is 539. The first kappa shape index (κ1) is 16.4. The first-order valence-electron chi connectivity index (χ1n) is 7.68. The molecule has 0 saturated carbocycles. The summed E-state index contributed by atoms with van der Waals surface area (Å²) in [7, 11) is 0. The van der Waals surface area contributed by atoms with E-state index in [1.54, 1.807) is 18.2 Å². The molecule has 0 atom stereocenters. The highest BCUT2D eigenvalue weighted by Gasteiger charge is 2.13. The van der Waals surface area contributed by atoms with E-state index in [2.05, 4.69) is 11.0 Å². The predicted octanol–water partition coefficient (Wildman–Crippen LogP) is 3.42. The maximum Gasteiger partial charge on any atom is 0.330 e. The highest BCUT2D eigenvalue weighted by Crippen LogP contribution is 2.16. The van der Waals surface area contributed by atoms with Crippen molar-refractivity contribution in [1.29, 1.82) is 0 Å². The lowest BCUT2D eigenvalue weighted by atomic mass is 10.0. The third-order valence-electron chi connectivity index (χ3n) is 3.65. The molecule has 1 fully saturated rings. The van der Waals surface area contributed by atoms with E-state index in [1.807, 2.05) is 13.0 Å². The molecule has 22 heavy (non-hydrogen) atoms. The molecule has 1 heterocycles. The van der Waals surface area contributed by atoms with Crippen molar-refractivity contribution in [3.05, 3.63) is 53.4 Å². The lowest BCUT2D eigenvalue weighted by molar-refractivity contribution is -0.137. The normalized spacial score (nSPS) is 16.0. The molecule has 1 saturated heterocycles. The Morgan fingerprint density at radius 3 is 2.59 bits per heavy atom. The molecule has 118 valence electrons. The van der Waals surface area contributed by atoms with Crippen LogP contribution in [0.3, 0.4) is 0 Å². The summed E-state index contributed by atoms with van der Waals surface area (Å²) in [6, 6.07) is 6.46. The van der Waals surface area contributed by atoms with E-state index < -0.39 is 0 Å². The molecule has 2 rings (SSSR count). The Labute approximate surface area is 131 Å². The topological polar surface area (TPSA) is 29.5 Å². The van der Waals surface area contributed by atoms with Gasteiger partial charge in [0.25, 0.3) is 0 Å². The van der Waals surface area contributed by atoms with Gasteiger partial charge in [0.15, 0.2) is 0 Å². The summed E-state index contributed by atoms with van der Waals surface area (Å²) in [6.07, 6.45) is 7.54. The highest BCUT2D eigenvalue weighted by atomic mass is 19.1. The molecule has 0 aliphatic carbocycles. The molecule has 4 heteroatoms. The summed E-state index contributed by atoms with van der Waals surface area (Å²) < 4.78 is 17.7. The SMILES string of the molecule is CCOC(=O)C=C1CCN(C/C=C/c2ccc(F)cc2)CC1. The van der Waals surface area contributed by atoms with Crippen molar-refractivity contribution in [3.63, 3.8) is 0 Å². The molecule has 1 aromatic rings. The number of likely N-dealkylation sites (tertiary alicyclic amines) is 1. The fourth-order valence-corrected chi connectivity index (χ4v) is 2.43. The van der Waals surface area contributed by atoms with Crippen LogP contribution in [0.1, 0.15) is 25.3 Å². The number of halogens is 1. The van der Waals surface area contributed by atoms with Crippen LogP contribution >= 0.6 is 0 Å². The van der Waals surface area contributed by atoms with Gasteiger partial charge >= 0.3 is 5.97 Å². The van der Waals surface area contributed by atoms with Crippen LogP contribution < -0.4 is 0 Å². The van der Waals surface area contributed by atoms with Gasteiger partial charge in [-0.3, -0.25) is 4.90 Å². The molecule has 0 bridgehead atoms. The molecule has 0 aromatic heterocycles. The first-order chi connectivity index (χ1) is 10.7. The van der Waals surface area contributed by atoms with Crippen molar-refractivity contribution in [2.75, 3.05) is 26.2 Å². The summed E-state index contributed by atoms with van der Waals surface area (Å²) >= 11 is 0. The maximum absolute atomic E-state index is 12.8. The number of nitrogens with zero attached hydrogens (tertiary/aromatic N) is 1. The zero-order chi connectivity index (χ0) is 15.8. The fraction of sp³-hybridized carbons (Fsp3) is 0.389. The molecule has 0 unspecified atom stereocenters. The molecular weight excluding hydrogens is 281 g/mol. The Morgan fingerprint density at radius 2 is 1.95 bits per heavy atom. The van der Waals surface area contributed by atoms with Gasteiger partial charge in [0.2, 0.25) is 0 Å². The second-order valence-corrected chi connectivity index (χ2v) is 5.31. The number of rotatable bonds is 5. The van der Waals surface area contributed by atoms with Gasteiger partial charge in [0.05, 0.1) is 6.61 Å². The molecule has 0 N–H and O–H groups in total. The Hall–Kier alpha value is -1.94. The Kier molecular flexibility index (Phi) is 6.34. The largest absolute Gasteiger partial charge is 0.463 e. The first-order valence-corrected chi connectivity index (χ1v) is 7.68. The van der Waals surface area contributed by atoms with Crippen molar-refractivity contribution in [1.82, 2.24) is 4.90 Å². The highest BCUT2D eigenvalue weighted by molar-refractivity contribution is 5.82. The molecule has 1 aromatic carbocycles. The standard InChI is InChI=1S/C18H22FNO2/c1-2-22-18(21)14-16-9-12-20(13-10-16)11-3-4-15-5-7-17(19)8-6-15/h3-8,14H,2,9-13H2,1H3/b4-3+.